The summed E-state index contributed by atoms with van der Waals surface area (Å²) in [7, 11) is 0. The van der Waals surface area contributed by atoms with E-state index in [2.05, 4.69) is 5.10 Å². The third-order valence-corrected chi connectivity index (χ3v) is 5.40. The number of carbonyl (C=O) groups excluding carboxylic acids is 1. The molecule has 0 unspecified atom stereocenters. The highest BCUT2D eigenvalue weighted by Crippen LogP contribution is 2.33. The zero-order valence-corrected chi connectivity index (χ0v) is 17.6. The molecule has 33 heavy (non-hydrogen) atoms. The molecule has 2 aliphatic rings. The summed E-state index contributed by atoms with van der Waals surface area (Å²) in [5.41, 5.74) is 3.57. The lowest BCUT2D eigenvalue weighted by Crippen LogP contribution is -2.21. The Morgan fingerprint density at radius 1 is 0.970 bits per heavy atom. The van der Waals surface area contributed by atoms with Gasteiger partial charge in [-0.05, 0) is 53.6 Å². The van der Waals surface area contributed by atoms with Gasteiger partial charge >= 0.3 is 5.97 Å². The zero-order chi connectivity index (χ0) is 22.8. The van der Waals surface area contributed by atoms with Crippen molar-refractivity contribution in [2.75, 3.05) is 18.2 Å². The van der Waals surface area contributed by atoms with Crippen molar-refractivity contribution in [1.82, 2.24) is 0 Å². The van der Waals surface area contributed by atoms with Gasteiger partial charge in [0.2, 0.25) is 0 Å². The van der Waals surface area contributed by atoms with Gasteiger partial charge in [0.1, 0.15) is 13.2 Å². The number of hydrogen-bond donors (Lipinski definition) is 1. The van der Waals surface area contributed by atoms with Crippen molar-refractivity contribution in [1.29, 1.82) is 0 Å². The van der Waals surface area contributed by atoms with Gasteiger partial charge < -0.3 is 14.6 Å². The van der Waals surface area contributed by atoms with Crippen LogP contribution >= 0.6 is 0 Å². The third-order valence-electron chi connectivity index (χ3n) is 5.40. The van der Waals surface area contributed by atoms with Crippen LogP contribution in [0, 0.1) is 0 Å². The van der Waals surface area contributed by atoms with Crippen LogP contribution in [-0.4, -0.2) is 35.9 Å². The van der Waals surface area contributed by atoms with E-state index in [-0.39, 0.29) is 11.5 Å². The molecule has 0 saturated carbocycles. The summed E-state index contributed by atoms with van der Waals surface area (Å²) in [6, 6.07) is 21.4. The third kappa shape index (κ3) is 4.21. The second kappa shape index (κ2) is 8.63. The van der Waals surface area contributed by atoms with Gasteiger partial charge in [-0.15, -0.1) is 0 Å². The van der Waals surface area contributed by atoms with Crippen molar-refractivity contribution in [2.24, 2.45) is 5.10 Å². The second-order valence-electron chi connectivity index (χ2n) is 7.64. The lowest BCUT2D eigenvalue weighted by atomic mass is 10.00. The molecule has 7 heteroatoms. The molecule has 0 saturated heterocycles. The summed E-state index contributed by atoms with van der Waals surface area (Å²) in [5.74, 6) is 0.0174. The molecule has 7 nitrogen and oxygen atoms in total. The molecule has 3 aromatic rings. The monoisotopic (exact) mass is 440 g/mol. The molecule has 0 fully saturated rings. The molecule has 0 bridgehead atoms. The maximum absolute atomic E-state index is 13.4. The predicted molar refractivity (Wildman–Crippen MR) is 124 cm³/mol. The predicted octanol–water partition coefficient (Wildman–Crippen LogP) is 4.18. The summed E-state index contributed by atoms with van der Waals surface area (Å²) in [4.78, 5) is 24.6. The Morgan fingerprint density at radius 2 is 1.70 bits per heavy atom. The molecular weight excluding hydrogens is 420 g/mol. The van der Waals surface area contributed by atoms with E-state index >= 15 is 0 Å². The number of carbonyl (C=O) groups is 2. The summed E-state index contributed by atoms with van der Waals surface area (Å²) in [5, 5.41) is 15.1. The molecule has 0 radical (unpaired) electrons. The molecule has 0 atom stereocenters. The number of carboxylic acid groups (broad SMARTS) is 1. The van der Waals surface area contributed by atoms with Gasteiger partial charge in [0, 0.05) is 6.42 Å². The molecule has 5 rings (SSSR count). The summed E-state index contributed by atoms with van der Waals surface area (Å²) >= 11 is 0. The average Bonchev–Trinajstić information content (AvgIpc) is 3.14. The second-order valence-corrected chi connectivity index (χ2v) is 7.64. The highest BCUT2D eigenvalue weighted by atomic mass is 16.6. The van der Waals surface area contributed by atoms with Crippen molar-refractivity contribution >= 4 is 29.4 Å². The number of hydrogen-bond acceptors (Lipinski definition) is 5. The first kappa shape index (κ1) is 20.5. The van der Waals surface area contributed by atoms with Crippen molar-refractivity contribution in [3.8, 4) is 11.5 Å². The number of aromatic carboxylic acids is 1. The van der Waals surface area contributed by atoms with E-state index in [4.69, 9.17) is 14.6 Å². The normalized spacial score (nSPS) is 16.1. The first-order chi connectivity index (χ1) is 16.1. The van der Waals surface area contributed by atoms with Gasteiger partial charge in [0.25, 0.3) is 5.91 Å². The number of benzene rings is 3. The number of anilines is 1. The van der Waals surface area contributed by atoms with Crippen LogP contribution in [0.5, 0.6) is 11.5 Å². The van der Waals surface area contributed by atoms with Crippen molar-refractivity contribution in [3.05, 3.63) is 95.1 Å². The molecular formula is C26H20N2O5. The first-order valence-electron chi connectivity index (χ1n) is 10.5. The lowest BCUT2D eigenvalue weighted by molar-refractivity contribution is -0.114. The number of rotatable bonds is 5. The van der Waals surface area contributed by atoms with Crippen LogP contribution in [0.25, 0.3) is 6.08 Å². The van der Waals surface area contributed by atoms with Gasteiger partial charge in [0.05, 0.1) is 22.5 Å². The van der Waals surface area contributed by atoms with E-state index in [1.807, 2.05) is 48.5 Å². The summed E-state index contributed by atoms with van der Waals surface area (Å²) in [6.45, 7) is 0.988. The topological polar surface area (TPSA) is 88.4 Å². The molecule has 1 amide bonds. The van der Waals surface area contributed by atoms with Crippen LogP contribution in [0.15, 0.2) is 83.5 Å². The van der Waals surface area contributed by atoms with Gasteiger partial charge in [-0.3, -0.25) is 4.79 Å². The fourth-order valence-corrected chi connectivity index (χ4v) is 3.76. The van der Waals surface area contributed by atoms with Crippen LogP contribution in [-0.2, 0) is 11.2 Å². The van der Waals surface area contributed by atoms with Gasteiger partial charge in [-0.1, -0.05) is 36.4 Å². The van der Waals surface area contributed by atoms with Crippen molar-refractivity contribution < 1.29 is 24.2 Å². The van der Waals surface area contributed by atoms with Crippen molar-refractivity contribution in [2.45, 2.75) is 6.42 Å². The molecule has 3 aromatic carbocycles. The number of amides is 1. The molecule has 0 spiro atoms. The minimum Gasteiger partial charge on any atom is -0.486 e. The number of carboxylic acids is 1. The summed E-state index contributed by atoms with van der Waals surface area (Å²) in [6.07, 6.45) is 2.28. The zero-order valence-electron chi connectivity index (χ0n) is 17.6. The number of hydrazone groups is 1. The Hall–Kier alpha value is -4.39. The van der Waals surface area contributed by atoms with Gasteiger partial charge in [-0.2, -0.15) is 10.1 Å². The molecule has 0 aliphatic carbocycles. The smallest absolute Gasteiger partial charge is 0.335 e. The maximum atomic E-state index is 13.4. The van der Waals surface area contributed by atoms with Gasteiger partial charge in [-0.25, -0.2) is 4.79 Å². The van der Waals surface area contributed by atoms with E-state index in [9.17, 15) is 9.59 Å². The van der Waals surface area contributed by atoms with Gasteiger partial charge in [0.15, 0.2) is 11.5 Å². The standard InChI is InChI=1S/C26H20N2O5/c29-25-21(14-18-6-11-23-24(16-18)33-13-12-32-23)22(15-17-4-2-1-3-5-17)27-28(25)20-9-7-19(8-10-20)26(30)31/h1-11,14,16H,12-13,15H2,(H,30,31)/b21-14-. The Kier molecular flexibility index (Phi) is 5.36. The Balaban J connectivity index is 1.52. The lowest BCUT2D eigenvalue weighted by Gasteiger charge is -2.18. The van der Waals surface area contributed by atoms with E-state index in [0.29, 0.717) is 48.1 Å². The molecule has 2 heterocycles. The fraction of sp³-hybridized carbons (Fsp3) is 0.115. The number of nitrogens with zero attached hydrogens (tertiary/aromatic N) is 2. The maximum Gasteiger partial charge on any atom is 0.335 e. The Bertz CT molecular complexity index is 1280. The summed E-state index contributed by atoms with van der Waals surface area (Å²) < 4.78 is 11.3. The van der Waals surface area contributed by atoms with E-state index < -0.39 is 5.97 Å². The molecule has 2 aliphatic heterocycles. The number of fused-ring (bicyclic) bond motifs is 1. The largest absolute Gasteiger partial charge is 0.486 e. The van der Waals surface area contributed by atoms with Crippen molar-refractivity contribution in [3.63, 3.8) is 0 Å². The Morgan fingerprint density at radius 3 is 2.42 bits per heavy atom. The first-order valence-corrected chi connectivity index (χ1v) is 10.5. The highest BCUT2D eigenvalue weighted by Gasteiger charge is 2.31. The van der Waals surface area contributed by atoms with Crippen LogP contribution in [0.1, 0.15) is 21.5 Å². The van der Waals surface area contributed by atoms with E-state index in [1.165, 1.54) is 17.1 Å². The minimum atomic E-state index is -1.03. The molecule has 0 aromatic heterocycles. The fourth-order valence-electron chi connectivity index (χ4n) is 3.76. The van der Waals surface area contributed by atoms with Crippen LogP contribution in [0.4, 0.5) is 5.69 Å². The van der Waals surface area contributed by atoms with Crippen LogP contribution in [0.3, 0.4) is 0 Å². The molecule has 1 N–H and O–H groups in total. The Labute approximate surface area is 190 Å². The van der Waals surface area contributed by atoms with Crippen LogP contribution < -0.4 is 14.5 Å². The molecule has 164 valence electrons. The highest BCUT2D eigenvalue weighted by molar-refractivity contribution is 6.33. The van der Waals surface area contributed by atoms with E-state index in [0.717, 1.165) is 11.1 Å². The van der Waals surface area contributed by atoms with Crippen LogP contribution in [0.2, 0.25) is 0 Å². The SMILES string of the molecule is O=C(O)c1ccc(N2N=C(Cc3ccccc3)/C(=C/c3ccc4c(c3)OCCO4)C2=O)cc1. The quantitative estimate of drug-likeness (QED) is 0.601. The average molecular weight is 440 g/mol. The van der Waals surface area contributed by atoms with E-state index in [1.54, 1.807) is 18.2 Å². The minimum absolute atomic E-state index is 0.144. The number of ether oxygens (including phenoxy) is 2.